The Kier molecular flexibility index (Phi) is 5.74. The van der Waals surface area contributed by atoms with Crippen LogP contribution in [0.4, 0.5) is 5.69 Å². The normalized spacial score (nSPS) is 12.4. The Bertz CT molecular complexity index is 1040. The minimum atomic E-state index is -3.66. The van der Waals surface area contributed by atoms with Gasteiger partial charge in [0.05, 0.1) is 18.5 Å². The summed E-state index contributed by atoms with van der Waals surface area (Å²) in [6.45, 7) is 1.52. The summed E-state index contributed by atoms with van der Waals surface area (Å²) >= 11 is 0. The van der Waals surface area contributed by atoms with E-state index in [1.165, 1.54) is 6.92 Å². The molecule has 0 aliphatic heterocycles. The van der Waals surface area contributed by atoms with Crippen LogP contribution in [0.5, 0.6) is 0 Å². The highest BCUT2D eigenvalue weighted by Crippen LogP contribution is 2.20. The maximum atomic E-state index is 12.5. The van der Waals surface area contributed by atoms with Crippen molar-refractivity contribution in [3.05, 3.63) is 66.6 Å². The van der Waals surface area contributed by atoms with Crippen LogP contribution in [0.25, 0.3) is 11.4 Å². The summed E-state index contributed by atoms with van der Waals surface area (Å²) in [5, 5.41) is 6.53. The van der Waals surface area contributed by atoms with Crippen molar-refractivity contribution in [2.45, 2.75) is 19.5 Å². The van der Waals surface area contributed by atoms with E-state index in [1.54, 1.807) is 30.3 Å². The zero-order valence-electron chi connectivity index (χ0n) is 15.4. The van der Waals surface area contributed by atoms with E-state index in [4.69, 9.17) is 4.52 Å². The average Bonchev–Trinajstić information content (AvgIpc) is 3.15. The number of carbonyl (C=O) groups excluding carboxylic acids is 1. The number of para-hydroxylation sites is 1. The van der Waals surface area contributed by atoms with Crippen LogP contribution < -0.4 is 9.62 Å². The van der Waals surface area contributed by atoms with Gasteiger partial charge >= 0.3 is 0 Å². The highest BCUT2D eigenvalue weighted by molar-refractivity contribution is 7.92. The van der Waals surface area contributed by atoms with E-state index in [0.29, 0.717) is 11.5 Å². The van der Waals surface area contributed by atoms with E-state index in [-0.39, 0.29) is 12.4 Å². The molecule has 3 rings (SSSR count). The van der Waals surface area contributed by atoms with Gasteiger partial charge in [-0.1, -0.05) is 53.7 Å². The lowest BCUT2D eigenvalue weighted by Gasteiger charge is -2.28. The maximum absolute atomic E-state index is 12.5. The van der Waals surface area contributed by atoms with E-state index in [9.17, 15) is 13.2 Å². The number of nitrogens with zero attached hydrogens (tertiary/aromatic N) is 3. The molecule has 1 amide bonds. The predicted molar refractivity (Wildman–Crippen MR) is 105 cm³/mol. The molecule has 28 heavy (non-hydrogen) atoms. The Morgan fingerprint density at radius 2 is 1.71 bits per heavy atom. The second-order valence-electron chi connectivity index (χ2n) is 6.17. The smallest absolute Gasteiger partial charge is 0.246 e. The quantitative estimate of drug-likeness (QED) is 0.652. The Balaban J connectivity index is 1.69. The van der Waals surface area contributed by atoms with Gasteiger partial charge < -0.3 is 9.84 Å². The van der Waals surface area contributed by atoms with Crippen molar-refractivity contribution in [2.75, 3.05) is 10.6 Å². The first-order valence-corrected chi connectivity index (χ1v) is 10.4. The highest BCUT2D eigenvalue weighted by Gasteiger charge is 2.29. The van der Waals surface area contributed by atoms with Gasteiger partial charge in [0.15, 0.2) is 0 Å². The number of benzene rings is 2. The van der Waals surface area contributed by atoms with Gasteiger partial charge in [0.1, 0.15) is 6.04 Å². The lowest BCUT2D eigenvalue weighted by molar-refractivity contribution is -0.122. The van der Waals surface area contributed by atoms with Crippen molar-refractivity contribution in [2.24, 2.45) is 0 Å². The van der Waals surface area contributed by atoms with Crippen LogP contribution in [-0.2, 0) is 21.4 Å². The second-order valence-corrected chi connectivity index (χ2v) is 8.03. The number of amides is 1. The maximum Gasteiger partial charge on any atom is 0.246 e. The topological polar surface area (TPSA) is 105 Å². The van der Waals surface area contributed by atoms with Gasteiger partial charge in [-0.05, 0) is 19.1 Å². The minimum absolute atomic E-state index is 0.00456. The minimum Gasteiger partial charge on any atom is -0.345 e. The molecule has 0 spiro atoms. The number of nitrogens with one attached hydrogen (secondary N) is 1. The van der Waals surface area contributed by atoms with Crippen LogP contribution in [0.1, 0.15) is 12.8 Å². The second kappa shape index (κ2) is 8.22. The van der Waals surface area contributed by atoms with Gasteiger partial charge in [-0.25, -0.2) is 8.42 Å². The summed E-state index contributed by atoms with van der Waals surface area (Å²) in [6.07, 6.45) is 1.06. The van der Waals surface area contributed by atoms with E-state index < -0.39 is 22.0 Å². The third-order valence-electron chi connectivity index (χ3n) is 4.01. The molecule has 0 aliphatic carbocycles. The number of anilines is 1. The Morgan fingerprint density at radius 3 is 2.32 bits per heavy atom. The standard InChI is InChI=1S/C19H20N4O4S/c1-14(23(28(2,25)26)16-11-7-4-8-12-16)19(24)20-13-17-21-18(22-27-17)15-9-5-3-6-10-15/h3-12,14H,13H2,1-2H3,(H,20,24)/t14-/m1/s1. The molecule has 0 bridgehead atoms. The molecule has 1 N–H and O–H groups in total. The molecule has 0 radical (unpaired) electrons. The zero-order valence-corrected chi connectivity index (χ0v) is 16.3. The Morgan fingerprint density at radius 1 is 1.11 bits per heavy atom. The SMILES string of the molecule is C[C@H](C(=O)NCc1nc(-c2ccccc2)no1)N(c1ccccc1)S(C)(=O)=O. The van der Waals surface area contributed by atoms with Crippen LogP contribution in [-0.4, -0.2) is 36.8 Å². The van der Waals surface area contributed by atoms with Gasteiger partial charge in [-0.3, -0.25) is 9.10 Å². The van der Waals surface area contributed by atoms with Crippen LogP contribution in [0.2, 0.25) is 0 Å². The molecule has 8 nitrogen and oxygen atoms in total. The molecule has 9 heteroatoms. The summed E-state index contributed by atoms with van der Waals surface area (Å²) in [6, 6.07) is 16.8. The molecule has 146 valence electrons. The molecule has 0 fully saturated rings. The van der Waals surface area contributed by atoms with Crippen LogP contribution in [0, 0.1) is 0 Å². The molecule has 0 saturated carbocycles. The molecule has 2 aromatic carbocycles. The van der Waals surface area contributed by atoms with Crippen molar-refractivity contribution < 1.29 is 17.7 Å². The fourth-order valence-corrected chi connectivity index (χ4v) is 3.90. The van der Waals surface area contributed by atoms with Gasteiger partial charge in [0.25, 0.3) is 0 Å². The molecule has 3 aromatic rings. The van der Waals surface area contributed by atoms with Gasteiger partial charge in [0, 0.05) is 5.56 Å². The Labute approximate surface area is 163 Å². The fourth-order valence-electron chi connectivity index (χ4n) is 2.73. The van der Waals surface area contributed by atoms with Crippen molar-refractivity contribution in [3.63, 3.8) is 0 Å². The van der Waals surface area contributed by atoms with E-state index in [0.717, 1.165) is 16.1 Å². The van der Waals surface area contributed by atoms with Crippen molar-refractivity contribution >= 4 is 21.6 Å². The van der Waals surface area contributed by atoms with Crippen molar-refractivity contribution in [1.82, 2.24) is 15.5 Å². The highest BCUT2D eigenvalue weighted by atomic mass is 32.2. The van der Waals surface area contributed by atoms with E-state index in [2.05, 4.69) is 15.5 Å². The first-order chi connectivity index (χ1) is 13.4. The molecule has 0 saturated heterocycles. The third kappa shape index (κ3) is 4.55. The lowest BCUT2D eigenvalue weighted by atomic mass is 10.2. The van der Waals surface area contributed by atoms with E-state index in [1.807, 2.05) is 30.3 Å². The lowest BCUT2D eigenvalue weighted by Crippen LogP contribution is -2.47. The Hall–Kier alpha value is -3.20. The first-order valence-electron chi connectivity index (χ1n) is 8.56. The molecule has 1 aromatic heterocycles. The van der Waals surface area contributed by atoms with Gasteiger partial charge in [-0.15, -0.1) is 0 Å². The largest absolute Gasteiger partial charge is 0.345 e. The summed E-state index contributed by atoms with van der Waals surface area (Å²) in [7, 11) is -3.66. The molecule has 1 heterocycles. The van der Waals surface area contributed by atoms with Crippen molar-refractivity contribution in [3.8, 4) is 11.4 Å². The van der Waals surface area contributed by atoms with Crippen LogP contribution >= 0.6 is 0 Å². The summed E-state index contributed by atoms with van der Waals surface area (Å²) < 4.78 is 30.7. The molecule has 1 atom stereocenters. The van der Waals surface area contributed by atoms with Crippen LogP contribution in [0.3, 0.4) is 0 Å². The zero-order chi connectivity index (χ0) is 20.1. The third-order valence-corrected chi connectivity index (χ3v) is 5.25. The number of sulfonamides is 1. The summed E-state index contributed by atoms with van der Waals surface area (Å²) in [5.74, 6) is 0.165. The van der Waals surface area contributed by atoms with Crippen molar-refractivity contribution in [1.29, 1.82) is 0 Å². The summed E-state index contributed by atoms with van der Waals surface area (Å²) in [4.78, 5) is 16.8. The van der Waals surface area contributed by atoms with Gasteiger partial charge in [-0.2, -0.15) is 4.98 Å². The average molecular weight is 400 g/mol. The fraction of sp³-hybridized carbons (Fsp3) is 0.211. The molecule has 0 unspecified atom stereocenters. The molecular formula is C19H20N4O4S. The van der Waals surface area contributed by atoms with Crippen LogP contribution in [0.15, 0.2) is 65.2 Å². The van der Waals surface area contributed by atoms with E-state index >= 15 is 0 Å². The predicted octanol–water partition coefficient (Wildman–Crippen LogP) is 2.21. The number of aromatic nitrogens is 2. The molecular weight excluding hydrogens is 380 g/mol. The van der Waals surface area contributed by atoms with Gasteiger partial charge in [0.2, 0.25) is 27.6 Å². The summed E-state index contributed by atoms with van der Waals surface area (Å²) in [5.41, 5.74) is 1.21. The monoisotopic (exact) mass is 400 g/mol. The molecule has 0 aliphatic rings. The number of rotatable bonds is 7. The number of carbonyl (C=O) groups is 1. The number of hydrogen-bond donors (Lipinski definition) is 1. The number of hydrogen-bond acceptors (Lipinski definition) is 6. The first kappa shape index (κ1) is 19.6.